The molecule has 0 aliphatic carbocycles. The molecule has 0 saturated heterocycles. The van der Waals surface area contributed by atoms with Crippen molar-refractivity contribution >= 4 is 23.8 Å². The van der Waals surface area contributed by atoms with Gasteiger partial charge in [-0.05, 0) is 0 Å². The van der Waals surface area contributed by atoms with E-state index in [4.69, 9.17) is 16.6 Å². The number of amides is 2. The summed E-state index contributed by atoms with van der Waals surface area (Å²) in [6, 6.07) is -1.63. The SMILES string of the molecule is C#CCSCCNC(=O)N[C@H](CCO)C(=O)O. The van der Waals surface area contributed by atoms with Gasteiger partial charge in [0.2, 0.25) is 0 Å². The Labute approximate surface area is 104 Å². The topological polar surface area (TPSA) is 98.7 Å². The van der Waals surface area contributed by atoms with Gasteiger partial charge in [-0.1, -0.05) is 5.92 Å². The van der Waals surface area contributed by atoms with E-state index in [0.29, 0.717) is 18.1 Å². The first-order valence-electron chi connectivity index (χ1n) is 5.01. The zero-order chi connectivity index (χ0) is 13.1. The molecule has 1 atom stereocenters. The van der Waals surface area contributed by atoms with Gasteiger partial charge in [0, 0.05) is 25.3 Å². The maximum Gasteiger partial charge on any atom is 0.326 e. The maximum atomic E-state index is 11.2. The van der Waals surface area contributed by atoms with E-state index in [-0.39, 0.29) is 13.0 Å². The smallest absolute Gasteiger partial charge is 0.326 e. The number of carbonyl (C=O) groups is 2. The fourth-order valence-corrected chi connectivity index (χ4v) is 1.47. The van der Waals surface area contributed by atoms with Crippen LogP contribution < -0.4 is 10.6 Å². The molecule has 0 saturated carbocycles. The number of carboxylic acid groups (broad SMARTS) is 1. The third-order valence-corrected chi connectivity index (χ3v) is 2.60. The highest BCUT2D eigenvalue weighted by molar-refractivity contribution is 7.99. The van der Waals surface area contributed by atoms with Crippen LogP contribution in [0.25, 0.3) is 0 Å². The third kappa shape index (κ3) is 8.42. The Morgan fingerprint density at radius 3 is 2.71 bits per heavy atom. The molecule has 0 rings (SSSR count). The molecule has 6 nitrogen and oxygen atoms in total. The number of rotatable bonds is 8. The number of aliphatic carboxylic acids is 1. The standard InChI is InChI=1S/C10H16N2O4S/c1-2-6-17-7-4-11-10(16)12-8(3-5-13)9(14)15/h1,8,13H,3-7H2,(H,14,15)(H2,11,12,16)/t8-/m1/s1. The van der Waals surface area contributed by atoms with Crippen molar-refractivity contribution in [2.75, 3.05) is 24.7 Å². The zero-order valence-electron chi connectivity index (χ0n) is 9.31. The molecule has 0 aromatic heterocycles. The van der Waals surface area contributed by atoms with Crippen LogP contribution in [0.4, 0.5) is 4.79 Å². The van der Waals surface area contributed by atoms with E-state index in [0.717, 1.165) is 0 Å². The van der Waals surface area contributed by atoms with Crippen molar-refractivity contribution in [3.8, 4) is 12.3 Å². The summed E-state index contributed by atoms with van der Waals surface area (Å²) in [7, 11) is 0. The second-order valence-corrected chi connectivity index (χ2v) is 4.17. The number of hydrogen-bond acceptors (Lipinski definition) is 4. The molecule has 7 heteroatoms. The largest absolute Gasteiger partial charge is 0.480 e. The van der Waals surface area contributed by atoms with Gasteiger partial charge in [0.15, 0.2) is 0 Å². The average Bonchev–Trinajstić information content (AvgIpc) is 2.28. The number of carboxylic acids is 1. The number of urea groups is 1. The summed E-state index contributed by atoms with van der Waals surface area (Å²) < 4.78 is 0. The lowest BCUT2D eigenvalue weighted by Gasteiger charge is -2.13. The van der Waals surface area contributed by atoms with Crippen molar-refractivity contribution in [1.29, 1.82) is 0 Å². The summed E-state index contributed by atoms with van der Waals surface area (Å²) in [6.45, 7) is 0.110. The van der Waals surface area contributed by atoms with Crippen molar-refractivity contribution in [1.82, 2.24) is 10.6 Å². The molecule has 0 aliphatic rings. The van der Waals surface area contributed by atoms with Crippen molar-refractivity contribution in [2.45, 2.75) is 12.5 Å². The Morgan fingerprint density at radius 1 is 1.47 bits per heavy atom. The van der Waals surface area contributed by atoms with Gasteiger partial charge in [0.1, 0.15) is 6.04 Å². The molecule has 0 bridgehead atoms. The van der Waals surface area contributed by atoms with Crippen LogP contribution in [0, 0.1) is 12.3 Å². The minimum atomic E-state index is -1.17. The first-order chi connectivity index (χ1) is 8.11. The second-order valence-electron chi connectivity index (χ2n) is 3.06. The van der Waals surface area contributed by atoms with Gasteiger partial charge in [-0.3, -0.25) is 0 Å². The van der Waals surface area contributed by atoms with Gasteiger partial charge >= 0.3 is 12.0 Å². The molecule has 0 radical (unpaired) electrons. The van der Waals surface area contributed by atoms with Gasteiger partial charge in [0.25, 0.3) is 0 Å². The molecule has 0 heterocycles. The molecule has 0 aromatic carbocycles. The van der Waals surface area contributed by atoms with Crippen LogP contribution >= 0.6 is 11.8 Å². The van der Waals surface area contributed by atoms with Crippen molar-refractivity contribution < 1.29 is 19.8 Å². The summed E-state index contributed by atoms with van der Waals surface area (Å²) in [4.78, 5) is 21.9. The van der Waals surface area contributed by atoms with Crippen molar-refractivity contribution in [3.05, 3.63) is 0 Å². The summed E-state index contributed by atoms with van der Waals surface area (Å²) in [6.07, 6.45) is 5.02. The monoisotopic (exact) mass is 260 g/mol. The lowest BCUT2D eigenvalue weighted by atomic mass is 10.2. The quantitative estimate of drug-likeness (QED) is 0.348. The van der Waals surface area contributed by atoms with Gasteiger partial charge < -0.3 is 20.8 Å². The van der Waals surface area contributed by atoms with Crippen LogP contribution in [0.15, 0.2) is 0 Å². The van der Waals surface area contributed by atoms with Gasteiger partial charge in [-0.2, -0.15) is 0 Å². The molecule has 0 fully saturated rings. The van der Waals surface area contributed by atoms with E-state index in [1.165, 1.54) is 11.8 Å². The lowest BCUT2D eigenvalue weighted by molar-refractivity contribution is -0.139. The zero-order valence-corrected chi connectivity index (χ0v) is 10.1. The Balaban J connectivity index is 3.75. The van der Waals surface area contributed by atoms with Crippen LogP contribution in [0.1, 0.15) is 6.42 Å². The molecule has 0 aromatic rings. The first-order valence-corrected chi connectivity index (χ1v) is 6.16. The molecule has 0 unspecified atom stereocenters. The molecule has 96 valence electrons. The average molecular weight is 260 g/mol. The number of carbonyl (C=O) groups excluding carboxylic acids is 1. The fraction of sp³-hybridized carbons (Fsp3) is 0.600. The Morgan fingerprint density at radius 2 is 2.18 bits per heavy atom. The highest BCUT2D eigenvalue weighted by atomic mass is 32.2. The Hall–Kier alpha value is -1.39. The Bertz CT molecular complexity index is 291. The molecule has 0 aliphatic heterocycles. The van der Waals surface area contributed by atoms with E-state index in [1.807, 2.05) is 0 Å². The molecular formula is C10H16N2O4S. The van der Waals surface area contributed by atoms with E-state index in [9.17, 15) is 9.59 Å². The highest BCUT2D eigenvalue weighted by Gasteiger charge is 2.18. The van der Waals surface area contributed by atoms with Crippen LogP contribution in [0.2, 0.25) is 0 Å². The first kappa shape index (κ1) is 15.6. The number of hydrogen-bond donors (Lipinski definition) is 4. The number of aliphatic hydroxyl groups is 1. The van der Waals surface area contributed by atoms with Gasteiger partial charge in [-0.25, -0.2) is 9.59 Å². The van der Waals surface area contributed by atoms with Gasteiger partial charge in [-0.15, -0.1) is 18.2 Å². The lowest BCUT2D eigenvalue weighted by Crippen LogP contribution is -2.46. The van der Waals surface area contributed by atoms with E-state index >= 15 is 0 Å². The van der Waals surface area contributed by atoms with E-state index in [1.54, 1.807) is 0 Å². The van der Waals surface area contributed by atoms with Crippen LogP contribution in [-0.2, 0) is 4.79 Å². The number of aliphatic hydroxyl groups excluding tert-OH is 1. The van der Waals surface area contributed by atoms with Crippen LogP contribution in [0.3, 0.4) is 0 Å². The number of terminal acetylenes is 1. The summed E-state index contributed by atoms with van der Waals surface area (Å²) in [5.41, 5.74) is 0. The fourth-order valence-electron chi connectivity index (χ4n) is 0.964. The minimum absolute atomic E-state index is 0.0192. The number of thioether (sulfide) groups is 1. The van der Waals surface area contributed by atoms with Crippen LogP contribution in [-0.4, -0.2) is 52.9 Å². The van der Waals surface area contributed by atoms with Crippen molar-refractivity contribution in [2.24, 2.45) is 0 Å². The maximum absolute atomic E-state index is 11.2. The normalized spacial score (nSPS) is 11.3. The van der Waals surface area contributed by atoms with Crippen LogP contribution in [0.5, 0.6) is 0 Å². The van der Waals surface area contributed by atoms with Gasteiger partial charge in [0.05, 0.1) is 5.75 Å². The van der Waals surface area contributed by atoms with E-state index < -0.39 is 18.0 Å². The molecule has 4 N–H and O–H groups in total. The Kier molecular flexibility index (Phi) is 9.01. The third-order valence-electron chi connectivity index (χ3n) is 1.74. The second kappa shape index (κ2) is 9.81. The predicted molar refractivity (Wildman–Crippen MR) is 65.8 cm³/mol. The molecule has 2 amide bonds. The summed E-state index contributed by atoms with van der Waals surface area (Å²) >= 11 is 1.50. The van der Waals surface area contributed by atoms with Crippen molar-refractivity contribution in [3.63, 3.8) is 0 Å². The predicted octanol–water partition coefficient (Wildman–Crippen LogP) is -0.512. The highest BCUT2D eigenvalue weighted by Crippen LogP contribution is 1.95. The molecule has 0 spiro atoms. The minimum Gasteiger partial charge on any atom is -0.480 e. The molecular weight excluding hydrogens is 244 g/mol. The number of nitrogens with one attached hydrogen (secondary N) is 2. The van der Waals surface area contributed by atoms with E-state index in [2.05, 4.69) is 16.6 Å². The summed E-state index contributed by atoms with van der Waals surface area (Å²) in [5, 5.41) is 22.1. The summed E-state index contributed by atoms with van der Waals surface area (Å²) in [5.74, 6) is 2.52. The molecule has 17 heavy (non-hydrogen) atoms.